The van der Waals surface area contributed by atoms with Gasteiger partial charge in [-0.05, 0) is 0 Å². The van der Waals surface area contributed by atoms with Crippen molar-refractivity contribution in [2.45, 2.75) is 0 Å². The maximum atomic E-state index is 8.26. The van der Waals surface area contributed by atoms with E-state index in [4.69, 9.17) is 3.40 Å². The van der Waals surface area contributed by atoms with Crippen LogP contribution in [-0.2, 0) is 57.3 Å². The van der Waals surface area contributed by atoms with Crippen LogP contribution in [0.3, 0.4) is 0 Å². The van der Waals surface area contributed by atoms with Crippen LogP contribution >= 0.6 is 49.6 Å². The third-order valence-electron chi connectivity index (χ3n) is 0. The van der Waals surface area contributed by atoms with Crippen LogP contribution in [-0.4, -0.2) is 0 Å². The Hall–Kier alpha value is 3.71. The summed E-state index contributed by atoms with van der Waals surface area (Å²) in [5.74, 6) is 0. The van der Waals surface area contributed by atoms with Gasteiger partial charge in [-0.2, -0.15) is 0 Å². The molecule has 0 saturated carbocycles. The van der Waals surface area contributed by atoms with E-state index < -0.39 is 0 Å². The van der Waals surface area contributed by atoms with Gasteiger partial charge in [0.1, 0.15) is 0 Å². The molecule has 0 aromatic carbocycles. The van der Waals surface area contributed by atoms with E-state index in [1.807, 2.05) is 0 Å². The van der Waals surface area contributed by atoms with Crippen molar-refractivity contribution in [3.05, 3.63) is 0 Å². The van der Waals surface area contributed by atoms with E-state index in [0.29, 0.717) is 19.8 Å². The summed E-state index contributed by atoms with van der Waals surface area (Å²) in [5, 5.41) is 0. The van der Waals surface area contributed by atoms with E-state index in [1.165, 1.54) is 0 Å². The Morgan fingerprint density at radius 2 is 0.800 bits per heavy atom. The molecule has 0 bridgehead atoms. The van der Waals surface area contributed by atoms with Gasteiger partial charge in [0.2, 0.25) is 0 Å². The Balaban J connectivity index is -0.000000000179. The normalized spacial score (nSPS) is 0.400. The van der Waals surface area contributed by atoms with E-state index in [9.17, 15) is 0 Å². The molecule has 71 valence electrons. The zero-order valence-electron chi connectivity index (χ0n) is 3.91. The number of hydrogen-bond donors (Lipinski definition) is 0. The van der Waals surface area contributed by atoms with E-state index in [1.54, 1.807) is 0 Å². The zero-order chi connectivity index (χ0) is 2.00. The Morgan fingerprint density at radius 3 is 0.800 bits per heavy atom. The maximum absolute atomic E-state index is 8.26. The van der Waals surface area contributed by atoms with Gasteiger partial charge >= 0.3 is 57.3 Å². The molecular weight excluding hydrogens is 528 g/mol. The molecule has 10 heteroatoms. The molecule has 0 heterocycles. The van der Waals surface area contributed by atoms with E-state index >= 15 is 0 Å². The molecule has 0 aliphatic heterocycles. The average Bonchev–Trinajstić information content (AvgIpc) is 1.00. The second kappa shape index (κ2) is 127. The van der Waals surface area contributed by atoms with Gasteiger partial charge in [-0.15, -0.1) is 49.6 Å². The SMILES string of the molecule is Cl.Cl.Cl.Cl.[Cl-].[Fe+2].[Fe+3].[I-].[O]=[Mo]. The van der Waals surface area contributed by atoms with E-state index in [2.05, 4.69) is 0 Å². The topological polar surface area (TPSA) is 17.1 Å². The summed E-state index contributed by atoms with van der Waals surface area (Å²) in [6, 6.07) is 0. The van der Waals surface area contributed by atoms with Gasteiger partial charge in [0.25, 0.3) is 0 Å². The fraction of sp³-hybridized carbons (Fsp3) is 0. The van der Waals surface area contributed by atoms with E-state index in [-0.39, 0.29) is 120 Å². The number of halogens is 6. The first-order valence-electron chi connectivity index (χ1n) is 0.167. The quantitative estimate of drug-likeness (QED) is 0.228. The van der Waals surface area contributed by atoms with E-state index in [0.717, 1.165) is 0 Å². The van der Waals surface area contributed by atoms with Crippen LogP contribution in [0.25, 0.3) is 0 Å². The van der Waals surface area contributed by atoms with Crippen molar-refractivity contribution in [3.63, 3.8) is 0 Å². The van der Waals surface area contributed by atoms with Crippen LogP contribution < -0.4 is 36.4 Å². The molecular formula is H4Cl5Fe2IMoO+3. The fourth-order valence-electron chi connectivity index (χ4n) is 0. The van der Waals surface area contributed by atoms with Gasteiger partial charge in [-0.3, -0.25) is 0 Å². The predicted molar refractivity (Wildman–Crippen MR) is 29.7 cm³/mol. The predicted octanol–water partition coefficient (Wildman–Crippen LogP) is -4.43. The summed E-state index contributed by atoms with van der Waals surface area (Å²) in [6.07, 6.45) is 0. The van der Waals surface area contributed by atoms with Gasteiger partial charge in [-0.25, -0.2) is 0 Å². The van der Waals surface area contributed by atoms with Crippen LogP contribution in [0.5, 0.6) is 0 Å². The molecule has 0 spiro atoms. The molecule has 0 aliphatic rings. The standard InChI is InChI=1S/5ClH.2Fe.HI.Mo.O/h5*1H;;;1H;;/q;;;;;+2;+3;;;/p-2. The molecule has 0 amide bonds. The third-order valence-corrected chi connectivity index (χ3v) is 0. The van der Waals surface area contributed by atoms with Crippen molar-refractivity contribution in [3.8, 4) is 0 Å². The first-order chi connectivity index (χ1) is 1.00. The van der Waals surface area contributed by atoms with Gasteiger partial charge in [-0.1, -0.05) is 0 Å². The van der Waals surface area contributed by atoms with Crippen LogP contribution in [0, 0.1) is 0 Å². The summed E-state index contributed by atoms with van der Waals surface area (Å²) in [4.78, 5) is 0. The van der Waals surface area contributed by atoms with Crippen molar-refractivity contribution in [2.24, 2.45) is 0 Å². The summed E-state index contributed by atoms with van der Waals surface area (Å²) < 4.78 is 8.26. The molecule has 0 atom stereocenters. The molecule has 0 aromatic heterocycles. The molecule has 1 nitrogen and oxygen atoms in total. The molecule has 0 saturated heterocycles. The second-order valence-electron chi connectivity index (χ2n) is 0. The first-order valence-corrected chi connectivity index (χ1v) is 0.986. The molecule has 0 unspecified atom stereocenters. The van der Waals surface area contributed by atoms with Crippen molar-refractivity contribution in [1.29, 1.82) is 0 Å². The molecule has 0 aliphatic carbocycles. The Kier molecular flexibility index (Phi) is 1270. The molecule has 0 N–H and O–H groups in total. The summed E-state index contributed by atoms with van der Waals surface area (Å²) in [7, 11) is 0. The third kappa shape index (κ3) is 97.7. The molecule has 10 heavy (non-hydrogen) atoms. The Bertz CT molecular complexity index is 19.6. The minimum absolute atomic E-state index is 0. The van der Waals surface area contributed by atoms with Gasteiger partial charge in [0.15, 0.2) is 0 Å². The van der Waals surface area contributed by atoms with Crippen molar-refractivity contribution in [1.82, 2.24) is 0 Å². The number of hydrogen-bond acceptors (Lipinski definition) is 1. The minimum atomic E-state index is 0. The van der Waals surface area contributed by atoms with Crippen LogP contribution in [0.15, 0.2) is 0 Å². The van der Waals surface area contributed by atoms with Crippen LogP contribution in [0.2, 0.25) is 0 Å². The van der Waals surface area contributed by atoms with Crippen LogP contribution in [0.4, 0.5) is 0 Å². The van der Waals surface area contributed by atoms with Crippen molar-refractivity contribution in [2.75, 3.05) is 0 Å². The number of rotatable bonds is 0. The molecule has 1 radical (unpaired) electrons. The molecule has 0 rings (SSSR count). The monoisotopic (exact) mass is 532 g/mol. The summed E-state index contributed by atoms with van der Waals surface area (Å²) in [6.45, 7) is 0. The zero-order valence-corrected chi connectivity index (χ0v) is 14.3. The van der Waals surface area contributed by atoms with Gasteiger partial charge < -0.3 is 36.4 Å². The van der Waals surface area contributed by atoms with Gasteiger partial charge in [0, 0.05) is 0 Å². The Labute approximate surface area is 141 Å². The summed E-state index contributed by atoms with van der Waals surface area (Å²) >= 11 is 0.700. The summed E-state index contributed by atoms with van der Waals surface area (Å²) in [5.41, 5.74) is 0. The van der Waals surface area contributed by atoms with Crippen molar-refractivity contribution >= 4 is 49.6 Å². The fourth-order valence-corrected chi connectivity index (χ4v) is 0. The molecule has 0 fully saturated rings. The molecule has 0 aromatic rings. The second-order valence-corrected chi connectivity index (χ2v) is 0. The van der Waals surface area contributed by atoms with Gasteiger partial charge in [0.05, 0.1) is 0 Å². The first kappa shape index (κ1) is 99.9. The van der Waals surface area contributed by atoms with Crippen molar-refractivity contribution < 1.29 is 93.7 Å². The average molecular weight is 532 g/mol. The Morgan fingerprint density at radius 1 is 0.800 bits per heavy atom. The van der Waals surface area contributed by atoms with Crippen LogP contribution in [0.1, 0.15) is 0 Å².